The van der Waals surface area contributed by atoms with Crippen molar-refractivity contribution in [3.05, 3.63) is 28.4 Å². The van der Waals surface area contributed by atoms with E-state index in [4.69, 9.17) is 0 Å². The van der Waals surface area contributed by atoms with Gasteiger partial charge in [0, 0.05) is 19.3 Å². The molecule has 0 aliphatic carbocycles. The zero-order valence-corrected chi connectivity index (χ0v) is 8.40. The third-order valence-electron chi connectivity index (χ3n) is 2.22. The molecule has 7 nitrogen and oxygen atoms in total. The Morgan fingerprint density at radius 2 is 2.25 bits per heavy atom. The van der Waals surface area contributed by atoms with Crippen molar-refractivity contribution in [2.75, 3.05) is 19.6 Å². The van der Waals surface area contributed by atoms with Crippen LogP contribution < -0.4 is 10.9 Å². The van der Waals surface area contributed by atoms with Crippen molar-refractivity contribution in [1.29, 1.82) is 0 Å². The van der Waals surface area contributed by atoms with Crippen LogP contribution >= 0.6 is 0 Å². The summed E-state index contributed by atoms with van der Waals surface area (Å²) in [6.07, 6.45) is 2.29. The molecule has 1 aromatic rings. The van der Waals surface area contributed by atoms with Gasteiger partial charge in [0.25, 0.3) is 11.5 Å². The van der Waals surface area contributed by atoms with E-state index in [1.165, 1.54) is 11.1 Å². The summed E-state index contributed by atoms with van der Waals surface area (Å²) in [6.45, 7) is 0.916. The molecule has 0 unspecified atom stereocenters. The van der Waals surface area contributed by atoms with Gasteiger partial charge in [0.1, 0.15) is 5.69 Å². The third kappa shape index (κ3) is 2.08. The highest BCUT2D eigenvalue weighted by molar-refractivity contribution is 5.95. The van der Waals surface area contributed by atoms with Gasteiger partial charge in [0.15, 0.2) is 0 Å². The summed E-state index contributed by atoms with van der Waals surface area (Å²) >= 11 is 0. The molecule has 16 heavy (non-hydrogen) atoms. The fraction of sp³-hybridized carbons (Fsp3) is 0.333. The van der Waals surface area contributed by atoms with Crippen LogP contribution in [0.3, 0.4) is 0 Å². The molecule has 2 N–H and O–H groups in total. The van der Waals surface area contributed by atoms with Crippen molar-refractivity contribution in [2.24, 2.45) is 0 Å². The van der Waals surface area contributed by atoms with Gasteiger partial charge in [-0.05, 0) is 0 Å². The molecule has 1 fully saturated rings. The van der Waals surface area contributed by atoms with Crippen molar-refractivity contribution in [3.8, 4) is 0 Å². The highest BCUT2D eigenvalue weighted by Gasteiger charge is 2.22. The third-order valence-corrected chi connectivity index (χ3v) is 2.22. The molecule has 7 heteroatoms. The number of nitrogens with one attached hydrogen (secondary N) is 2. The van der Waals surface area contributed by atoms with Crippen LogP contribution in [0, 0.1) is 0 Å². The molecule has 0 saturated carbocycles. The molecule has 2 amide bonds. The van der Waals surface area contributed by atoms with Crippen molar-refractivity contribution in [2.45, 2.75) is 0 Å². The maximum Gasteiger partial charge on any atom is 0.274 e. The summed E-state index contributed by atoms with van der Waals surface area (Å²) in [5.74, 6) is -0.546. The summed E-state index contributed by atoms with van der Waals surface area (Å²) in [4.78, 5) is 41.1. The van der Waals surface area contributed by atoms with E-state index in [1.807, 2.05) is 0 Å². The van der Waals surface area contributed by atoms with Gasteiger partial charge in [-0.1, -0.05) is 0 Å². The molecular weight excluding hydrogens is 212 g/mol. The minimum Gasteiger partial charge on any atom is -0.353 e. The molecule has 1 saturated heterocycles. The number of carbonyl (C=O) groups excluding carboxylic acids is 2. The van der Waals surface area contributed by atoms with Gasteiger partial charge in [0.2, 0.25) is 5.91 Å². The first-order valence-corrected chi connectivity index (χ1v) is 4.77. The summed E-state index contributed by atoms with van der Waals surface area (Å²) in [6, 6.07) is 0. The van der Waals surface area contributed by atoms with Crippen molar-refractivity contribution in [3.63, 3.8) is 0 Å². The second-order valence-corrected chi connectivity index (χ2v) is 3.37. The van der Waals surface area contributed by atoms with E-state index in [0.717, 1.165) is 6.20 Å². The number of hydrogen-bond donors (Lipinski definition) is 2. The molecule has 0 radical (unpaired) electrons. The number of H-pyrrole nitrogens is 1. The maximum atomic E-state index is 11.8. The Balaban J connectivity index is 2.15. The van der Waals surface area contributed by atoms with Crippen LogP contribution in [0.25, 0.3) is 0 Å². The highest BCUT2D eigenvalue weighted by atomic mass is 16.2. The van der Waals surface area contributed by atoms with Gasteiger partial charge in [-0.3, -0.25) is 14.4 Å². The Morgan fingerprint density at radius 3 is 2.88 bits per heavy atom. The molecule has 2 heterocycles. The standard InChI is InChI=1S/C9H10N4O3/c14-7-4-11-6(3-12-7)9(16)13-2-1-10-8(15)5-13/h3-4H,1-2,5H2,(H,10,15)(H,12,14). The van der Waals surface area contributed by atoms with Crippen LogP contribution in [-0.2, 0) is 4.79 Å². The van der Waals surface area contributed by atoms with Crippen LogP contribution in [-0.4, -0.2) is 46.3 Å². The van der Waals surface area contributed by atoms with Crippen LogP contribution in [0.1, 0.15) is 10.5 Å². The average Bonchev–Trinajstić information content (AvgIpc) is 2.29. The zero-order chi connectivity index (χ0) is 11.5. The quantitative estimate of drug-likeness (QED) is 0.594. The molecule has 0 spiro atoms. The first-order valence-electron chi connectivity index (χ1n) is 4.77. The van der Waals surface area contributed by atoms with E-state index in [2.05, 4.69) is 15.3 Å². The molecule has 0 aromatic carbocycles. The van der Waals surface area contributed by atoms with Gasteiger partial charge in [-0.2, -0.15) is 0 Å². The zero-order valence-electron chi connectivity index (χ0n) is 8.40. The lowest BCUT2D eigenvalue weighted by Gasteiger charge is -2.26. The number of amides is 2. The fourth-order valence-corrected chi connectivity index (χ4v) is 1.43. The van der Waals surface area contributed by atoms with E-state index in [9.17, 15) is 14.4 Å². The van der Waals surface area contributed by atoms with Crippen molar-refractivity contribution in [1.82, 2.24) is 20.2 Å². The Hall–Kier alpha value is -2.18. The molecule has 1 aromatic heterocycles. The van der Waals surface area contributed by atoms with E-state index in [0.29, 0.717) is 13.1 Å². The number of carbonyl (C=O) groups is 2. The topological polar surface area (TPSA) is 95.2 Å². The van der Waals surface area contributed by atoms with Crippen molar-refractivity contribution < 1.29 is 9.59 Å². The summed E-state index contributed by atoms with van der Waals surface area (Å²) in [7, 11) is 0. The predicted molar refractivity (Wildman–Crippen MR) is 53.8 cm³/mol. The maximum absolute atomic E-state index is 11.8. The van der Waals surface area contributed by atoms with Gasteiger partial charge in [0.05, 0.1) is 12.7 Å². The average molecular weight is 222 g/mol. The van der Waals surface area contributed by atoms with Gasteiger partial charge >= 0.3 is 0 Å². The predicted octanol–water partition coefficient (Wildman–Crippen LogP) is -1.66. The fourth-order valence-electron chi connectivity index (χ4n) is 1.43. The number of piperazine rings is 1. The van der Waals surface area contributed by atoms with Gasteiger partial charge in [-0.25, -0.2) is 4.98 Å². The van der Waals surface area contributed by atoms with E-state index in [-0.39, 0.29) is 29.6 Å². The number of rotatable bonds is 1. The van der Waals surface area contributed by atoms with E-state index in [1.54, 1.807) is 0 Å². The largest absolute Gasteiger partial charge is 0.353 e. The van der Waals surface area contributed by atoms with Crippen LogP contribution in [0.15, 0.2) is 17.2 Å². The van der Waals surface area contributed by atoms with Gasteiger partial charge in [-0.15, -0.1) is 0 Å². The summed E-state index contributed by atoms with van der Waals surface area (Å²) in [5, 5.41) is 2.62. The molecular formula is C9H10N4O3. The van der Waals surface area contributed by atoms with Crippen LogP contribution in [0.4, 0.5) is 0 Å². The first-order chi connectivity index (χ1) is 7.66. The Morgan fingerprint density at radius 1 is 1.44 bits per heavy atom. The lowest BCUT2D eigenvalue weighted by molar-refractivity contribution is -0.123. The molecule has 1 aliphatic heterocycles. The van der Waals surface area contributed by atoms with Crippen LogP contribution in [0.2, 0.25) is 0 Å². The summed E-state index contributed by atoms with van der Waals surface area (Å²) in [5.41, 5.74) is -0.234. The second-order valence-electron chi connectivity index (χ2n) is 3.37. The first kappa shape index (κ1) is 10.3. The minimum absolute atomic E-state index is 0.0274. The monoisotopic (exact) mass is 222 g/mol. The smallest absolute Gasteiger partial charge is 0.274 e. The lowest BCUT2D eigenvalue weighted by Crippen LogP contribution is -2.50. The molecule has 84 valence electrons. The Kier molecular flexibility index (Phi) is 2.67. The lowest BCUT2D eigenvalue weighted by atomic mass is 10.3. The van der Waals surface area contributed by atoms with Gasteiger partial charge < -0.3 is 15.2 Å². The van der Waals surface area contributed by atoms with E-state index >= 15 is 0 Å². The second kappa shape index (κ2) is 4.13. The molecule has 0 bridgehead atoms. The molecule has 1 aliphatic rings. The minimum atomic E-state index is -0.368. The molecule has 2 rings (SSSR count). The Labute approximate surface area is 90.5 Å². The number of aromatic amines is 1. The highest BCUT2D eigenvalue weighted by Crippen LogP contribution is 2.00. The number of aromatic nitrogens is 2. The number of hydrogen-bond acceptors (Lipinski definition) is 4. The van der Waals surface area contributed by atoms with Crippen LogP contribution in [0.5, 0.6) is 0 Å². The normalized spacial score (nSPS) is 15.8. The summed E-state index contributed by atoms with van der Waals surface area (Å²) < 4.78 is 0. The van der Waals surface area contributed by atoms with E-state index < -0.39 is 0 Å². The van der Waals surface area contributed by atoms with Crippen molar-refractivity contribution >= 4 is 11.8 Å². The molecule has 0 atom stereocenters. The Bertz CT molecular complexity index is 461. The number of nitrogens with zero attached hydrogens (tertiary/aromatic N) is 2. The SMILES string of the molecule is O=C1CN(C(=O)c2c[nH]c(=O)cn2)CCN1.